The molecule has 6 nitrogen and oxygen atoms in total. The Morgan fingerprint density at radius 1 is 0.923 bits per heavy atom. The topological polar surface area (TPSA) is 110 Å². The molecule has 0 saturated carbocycles. The maximum absolute atomic E-state index is 10.6. The first-order valence-corrected chi connectivity index (χ1v) is 3.69. The Morgan fingerprint density at radius 2 is 1.23 bits per heavy atom. The summed E-state index contributed by atoms with van der Waals surface area (Å²) in [5.41, 5.74) is 4.01. The van der Waals surface area contributed by atoms with Crippen LogP contribution in [0.4, 0.5) is 0 Å². The number of rotatable bonds is 5. The molecule has 72 valence electrons. The van der Waals surface area contributed by atoms with Crippen molar-refractivity contribution in [1.29, 1.82) is 0 Å². The van der Waals surface area contributed by atoms with Crippen LogP contribution in [-0.2, 0) is 9.59 Å². The van der Waals surface area contributed by atoms with Crippen molar-refractivity contribution < 1.29 is 9.59 Å². The van der Waals surface area contributed by atoms with E-state index in [2.05, 4.69) is 0 Å². The predicted molar refractivity (Wildman–Crippen MR) is 50.3 cm³/mol. The van der Waals surface area contributed by atoms with E-state index < -0.39 is 0 Å². The number of unbranched alkanes of at least 4 members (excludes halogenated alkanes) is 1. The van der Waals surface area contributed by atoms with Crippen molar-refractivity contribution in [3.05, 3.63) is 0 Å². The number of amides is 2. The summed E-state index contributed by atoms with van der Waals surface area (Å²) in [7, 11) is 0. The van der Waals surface area contributed by atoms with Gasteiger partial charge in [-0.3, -0.25) is 20.4 Å². The molecule has 0 radical (unpaired) electrons. The number of hydrogen-bond donors (Lipinski definition) is 4. The monoisotopic (exact) mass is 214 g/mol. The predicted octanol–water partition coefficient (Wildman–Crippen LogP) is -2.12. The second kappa shape index (κ2) is 10.6. The van der Waals surface area contributed by atoms with Gasteiger partial charge < -0.3 is 0 Å². The van der Waals surface area contributed by atoms with Gasteiger partial charge in [-0.25, -0.2) is 11.7 Å². The van der Waals surface area contributed by atoms with E-state index >= 15 is 0 Å². The van der Waals surface area contributed by atoms with Gasteiger partial charge in [0.15, 0.2) is 0 Å². The molecular formula is C6H15KN4O2. The minimum absolute atomic E-state index is 0. The van der Waals surface area contributed by atoms with E-state index in [0.29, 0.717) is 25.7 Å². The Labute approximate surface area is 120 Å². The Bertz CT molecular complexity index is 147. The quantitative estimate of drug-likeness (QED) is 0.138. The zero-order valence-electron chi connectivity index (χ0n) is 6.80. The van der Waals surface area contributed by atoms with E-state index in [-0.39, 0.29) is 63.2 Å². The van der Waals surface area contributed by atoms with Crippen molar-refractivity contribution in [2.45, 2.75) is 25.7 Å². The average Bonchev–Trinajstić information content (AvgIpc) is 2.11. The van der Waals surface area contributed by atoms with E-state index in [1.54, 1.807) is 0 Å². The molecule has 0 spiro atoms. The number of carbonyl (C=O) groups excluding carboxylic acids is 2. The SMILES string of the molecule is NNC(=O)CCCCC(=O)NN.[KH]. The molecule has 0 atom stereocenters. The number of hydrazine groups is 2. The fraction of sp³-hybridized carbons (Fsp3) is 0.667. The second-order valence-electron chi connectivity index (χ2n) is 2.34. The van der Waals surface area contributed by atoms with E-state index in [1.165, 1.54) is 0 Å². The molecule has 0 aliphatic rings. The summed E-state index contributed by atoms with van der Waals surface area (Å²) < 4.78 is 0. The van der Waals surface area contributed by atoms with Crippen LogP contribution in [0, 0.1) is 0 Å². The van der Waals surface area contributed by atoms with Gasteiger partial charge in [0, 0.05) is 12.8 Å². The minimum atomic E-state index is -0.219. The van der Waals surface area contributed by atoms with Gasteiger partial charge in [-0.05, 0) is 12.8 Å². The van der Waals surface area contributed by atoms with Gasteiger partial charge in [0.2, 0.25) is 11.8 Å². The molecule has 2 amide bonds. The molecule has 0 aromatic heterocycles. The van der Waals surface area contributed by atoms with Crippen LogP contribution in [0.3, 0.4) is 0 Å². The molecule has 0 saturated heterocycles. The van der Waals surface area contributed by atoms with Gasteiger partial charge in [-0.1, -0.05) is 0 Å². The first-order chi connectivity index (χ1) is 5.70. The van der Waals surface area contributed by atoms with Crippen LogP contribution in [0.25, 0.3) is 0 Å². The first-order valence-electron chi connectivity index (χ1n) is 3.69. The van der Waals surface area contributed by atoms with E-state index in [9.17, 15) is 9.59 Å². The van der Waals surface area contributed by atoms with E-state index in [1.807, 2.05) is 10.9 Å². The summed E-state index contributed by atoms with van der Waals surface area (Å²) in [6, 6.07) is 0. The van der Waals surface area contributed by atoms with Crippen molar-refractivity contribution in [2.75, 3.05) is 0 Å². The molecule has 0 unspecified atom stereocenters. The standard InChI is InChI=1S/C6H14N4O2.K.H/c7-9-5(11)3-1-2-4-6(12)10-8;;/h1-4,7-8H2,(H,9,11)(H,10,12);;. The summed E-state index contributed by atoms with van der Waals surface area (Å²) in [6.45, 7) is 0. The summed E-state index contributed by atoms with van der Waals surface area (Å²) in [4.78, 5) is 21.1. The first kappa shape index (κ1) is 15.9. The van der Waals surface area contributed by atoms with E-state index in [0.717, 1.165) is 0 Å². The van der Waals surface area contributed by atoms with E-state index in [4.69, 9.17) is 11.7 Å². The molecule has 0 aromatic carbocycles. The fourth-order valence-electron chi connectivity index (χ4n) is 0.715. The molecule has 0 heterocycles. The molecular weight excluding hydrogens is 199 g/mol. The summed E-state index contributed by atoms with van der Waals surface area (Å²) in [5, 5.41) is 0. The van der Waals surface area contributed by atoms with Gasteiger partial charge in [0.1, 0.15) is 0 Å². The van der Waals surface area contributed by atoms with Gasteiger partial charge in [-0.2, -0.15) is 0 Å². The number of nitrogens with one attached hydrogen (secondary N) is 2. The van der Waals surface area contributed by atoms with Gasteiger partial charge in [-0.15, -0.1) is 0 Å². The molecule has 0 aliphatic heterocycles. The third kappa shape index (κ3) is 10.4. The van der Waals surface area contributed by atoms with Gasteiger partial charge in [0.05, 0.1) is 0 Å². The fourth-order valence-corrected chi connectivity index (χ4v) is 0.715. The number of carbonyl (C=O) groups is 2. The Kier molecular flexibility index (Phi) is 13.0. The van der Waals surface area contributed by atoms with Crippen molar-refractivity contribution in [2.24, 2.45) is 11.7 Å². The average molecular weight is 214 g/mol. The van der Waals surface area contributed by atoms with Crippen LogP contribution < -0.4 is 22.5 Å². The van der Waals surface area contributed by atoms with Crippen LogP contribution in [0.2, 0.25) is 0 Å². The molecule has 0 fully saturated rings. The molecule has 6 N–H and O–H groups in total. The van der Waals surface area contributed by atoms with Crippen molar-refractivity contribution >= 4 is 63.2 Å². The van der Waals surface area contributed by atoms with Crippen molar-refractivity contribution in [1.82, 2.24) is 10.9 Å². The zero-order valence-corrected chi connectivity index (χ0v) is 6.80. The Morgan fingerprint density at radius 3 is 1.46 bits per heavy atom. The van der Waals surface area contributed by atoms with Crippen LogP contribution >= 0.6 is 0 Å². The molecule has 0 aliphatic carbocycles. The summed E-state index contributed by atoms with van der Waals surface area (Å²) in [6.07, 6.45) is 1.95. The Hall–Kier alpha value is 0.496. The zero-order chi connectivity index (χ0) is 9.40. The van der Waals surface area contributed by atoms with Crippen LogP contribution in [-0.4, -0.2) is 63.2 Å². The van der Waals surface area contributed by atoms with Crippen LogP contribution in [0.1, 0.15) is 25.7 Å². The maximum atomic E-state index is 10.6. The van der Waals surface area contributed by atoms with Gasteiger partial charge >= 0.3 is 51.4 Å². The van der Waals surface area contributed by atoms with Crippen molar-refractivity contribution in [3.63, 3.8) is 0 Å². The number of nitrogens with two attached hydrogens (primary N) is 2. The molecule has 7 heteroatoms. The summed E-state index contributed by atoms with van der Waals surface area (Å²) in [5.74, 6) is 9.24. The third-order valence-corrected chi connectivity index (χ3v) is 1.38. The Balaban J connectivity index is 0. The molecule has 0 aromatic rings. The molecule has 0 bridgehead atoms. The third-order valence-electron chi connectivity index (χ3n) is 1.38. The second-order valence-corrected chi connectivity index (χ2v) is 2.34. The van der Waals surface area contributed by atoms with Crippen LogP contribution in [0.15, 0.2) is 0 Å². The molecule has 13 heavy (non-hydrogen) atoms. The van der Waals surface area contributed by atoms with Gasteiger partial charge in [0.25, 0.3) is 0 Å². The van der Waals surface area contributed by atoms with Crippen molar-refractivity contribution in [3.8, 4) is 0 Å². The summed E-state index contributed by atoms with van der Waals surface area (Å²) >= 11 is 0. The molecule has 0 rings (SSSR count). The number of hydrogen-bond acceptors (Lipinski definition) is 4. The van der Waals surface area contributed by atoms with Crippen LogP contribution in [0.5, 0.6) is 0 Å². The normalized spacial score (nSPS) is 8.46.